The molecule has 0 aliphatic carbocycles. The van der Waals surface area contributed by atoms with Crippen molar-refractivity contribution in [1.82, 2.24) is 5.32 Å². The molecule has 0 saturated carbocycles. The van der Waals surface area contributed by atoms with Gasteiger partial charge in [0, 0.05) is 5.70 Å². The van der Waals surface area contributed by atoms with Gasteiger partial charge in [-0.25, -0.2) is 4.79 Å². The molecule has 0 bridgehead atoms. The molecule has 0 spiro atoms. The van der Waals surface area contributed by atoms with Gasteiger partial charge in [-0.1, -0.05) is 31.2 Å². The molecule has 1 aromatic carbocycles. The van der Waals surface area contributed by atoms with Crippen LogP contribution in [0.2, 0.25) is 0 Å². The smallest absolute Gasteiger partial charge is 0.340 e. The third-order valence-corrected chi connectivity index (χ3v) is 3.28. The van der Waals surface area contributed by atoms with Crippen molar-refractivity contribution < 1.29 is 14.3 Å². The summed E-state index contributed by atoms with van der Waals surface area (Å²) in [6.45, 7) is 3.77. The highest BCUT2D eigenvalue weighted by Crippen LogP contribution is 2.24. The third-order valence-electron chi connectivity index (χ3n) is 3.28. The van der Waals surface area contributed by atoms with Crippen molar-refractivity contribution in [3.63, 3.8) is 0 Å². The molecule has 1 aromatic rings. The highest BCUT2D eigenvalue weighted by Gasteiger charge is 2.30. The predicted molar refractivity (Wildman–Crippen MR) is 76.7 cm³/mol. The van der Waals surface area contributed by atoms with E-state index in [1.807, 2.05) is 24.3 Å². The van der Waals surface area contributed by atoms with Crippen molar-refractivity contribution in [2.45, 2.75) is 20.3 Å². The Morgan fingerprint density at radius 3 is 2.50 bits per heavy atom. The summed E-state index contributed by atoms with van der Waals surface area (Å²) < 4.78 is 4.73. The zero-order valence-corrected chi connectivity index (χ0v) is 11.8. The number of ether oxygens (including phenoxy) is 1. The third kappa shape index (κ3) is 2.64. The zero-order chi connectivity index (χ0) is 14.7. The maximum Gasteiger partial charge on any atom is 0.340 e. The summed E-state index contributed by atoms with van der Waals surface area (Å²) in [5, 5.41) is 2.65. The lowest BCUT2D eigenvalue weighted by Crippen LogP contribution is -2.15. The van der Waals surface area contributed by atoms with Crippen LogP contribution in [0.5, 0.6) is 0 Å². The number of carbonyl (C=O) groups excluding carboxylic acids is 2. The average Bonchev–Trinajstić information content (AvgIpc) is 2.73. The molecule has 0 saturated heterocycles. The summed E-state index contributed by atoms with van der Waals surface area (Å²) in [5.41, 5.74) is 3.28. The number of benzene rings is 1. The predicted octanol–water partition coefficient (Wildman–Crippen LogP) is 2.21. The Morgan fingerprint density at radius 1 is 1.30 bits per heavy atom. The Balaban J connectivity index is 2.40. The molecule has 0 aromatic heterocycles. The van der Waals surface area contributed by atoms with Gasteiger partial charge in [-0.15, -0.1) is 0 Å². The van der Waals surface area contributed by atoms with Crippen LogP contribution in [0.25, 0.3) is 6.08 Å². The Labute approximate surface area is 118 Å². The zero-order valence-electron chi connectivity index (χ0n) is 11.8. The van der Waals surface area contributed by atoms with Crippen molar-refractivity contribution in [2.24, 2.45) is 0 Å². The van der Waals surface area contributed by atoms with Crippen molar-refractivity contribution in [3.8, 4) is 0 Å². The van der Waals surface area contributed by atoms with Crippen molar-refractivity contribution in [3.05, 3.63) is 52.2 Å². The lowest BCUT2D eigenvalue weighted by atomic mass is 10.0. The Hall–Kier alpha value is -2.36. The van der Waals surface area contributed by atoms with Crippen LogP contribution in [0.15, 0.2) is 41.1 Å². The first kappa shape index (κ1) is 14.1. The van der Waals surface area contributed by atoms with E-state index >= 15 is 0 Å². The number of methoxy groups -OCH3 is 1. The van der Waals surface area contributed by atoms with Crippen LogP contribution in [0.3, 0.4) is 0 Å². The molecular weight excluding hydrogens is 254 g/mol. The fourth-order valence-electron chi connectivity index (χ4n) is 2.13. The summed E-state index contributed by atoms with van der Waals surface area (Å²) in [7, 11) is 1.30. The maximum absolute atomic E-state index is 11.9. The standard InChI is InChI=1S/C16H17NO3/c1-4-11-5-7-12(8-6-11)9-13-14(16(19)20-3)10(2)17-15(13)18/h5-9H,4H2,1-3H3,(H,17,18)/b13-9+. The van der Waals surface area contributed by atoms with Crippen LogP contribution in [-0.4, -0.2) is 19.0 Å². The van der Waals surface area contributed by atoms with E-state index in [1.165, 1.54) is 12.7 Å². The lowest BCUT2D eigenvalue weighted by Gasteiger charge is -2.03. The minimum atomic E-state index is -0.503. The number of carbonyl (C=O) groups is 2. The number of hydrogen-bond acceptors (Lipinski definition) is 3. The first-order valence-electron chi connectivity index (χ1n) is 6.48. The minimum Gasteiger partial charge on any atom is -0.465 e. The minimum absolute atomic E-state index is 0.275. The molecule has 1 aliphatic rings. The molecule has 2 rings (SSSR count). The second-order valence-corrected chi connectivity index (χ2v) is 4.60. The van der Waals surface area contributed by atoms with Gasteiger partial charge in [0.15, 0.2) is 0 Å². The van der Waals surface area contributed by atoms with Gasteiger partial charge in [-0.2, -0.15) is 0 Å². The quantitative estimate of drug-likeness (QED) is 0.677. The molecule has 20 heavy (non-hydrogen) atoms. The average molecular weight is 271 g/mol. The van der Waals surface area contributed by atoms with E-state index in [-0.39, 0.29) is 5.91 Å². The number of rotatable bonds is 3. The summed E-state index contributed by atoms with van der Waals surface area (Å²) in [5.74, 6) is -0.778. The number of hydrogen-bond donors (Lipinski definition) is 1. The summed E-state index contributed by atoms with van der Waals surface area (Å²) in [4.78, 5) is 23.7. The van der Waals surface area contributed by atoms with Crippen molar-refractivity contribution in [2.75, 3.05) is 7.11 Å². The van der Waals surface area contributed by atoms with Gasteiger partial charge in [0.2, 0.25) is 0 Å². The van der Waals surface area contributed by atoms with Crippen LogP contribution in [0.4, 0.5) is 0 Å². The Morgan fingerprint density at radius 2 is 1.95 bits per heavy atom. The van der Waals surface area contributed by atoms with E-state index in [0.29, 0.717) is 16.8 Å². The second kappa shape index (κ2) is 5.74. The summed E-state index contributed by atoms with van der Waals surface area (Å²) in [6.07, 6.45) is 2.67. The SMILES string of the molecule is CCc1ccc(/C=C2/C(=O)NC(C)=C2C(=O)OC)cc1. The van der Waals surface area contributed by atoms with Gasteiger partial charge in [0.25, 0.3) is 5.91 Å². The van der Waals surface area contributed by atoms with Crippen LogP contribution in [-0.2, 0) is 20.7 Å². The summed E-state index contributed by atoms with van der Waals surface area (Å²) >= 11 is 0. The highest BCUT2D eigenvalue weighted by molar-refractivity contribution is 6.16. The van der Waals surface area contributed by atoms with Crippen LogP contribution in [0, 0.1) is 0 Å². The number of allylic oxidation sites excluding steroid dienone is 1. The van der Waals surface area contributed by atoms with E-state index in [0.717, 1.165) is 12.0 Å². The van der Waals surface area contributed by atoms with E-state index < -0.39 is 5.97 Å². The maximum atomic E-state index is 11.9. The van der Waals surface area contributed by atoms with Crippen molar-refractivity contribution in [1.29, 1.82) is 0 Å². The van der Waals surface area contributed by atoms with E-state index in [1.54, 1.807) is 13.0 Å². The molecule has 4 heteroatoms. The molecule has 0 atom stereocenters. The van der Waals surface area contributed by atoms with Gasteiger partial charge >= 0.3 is 5.97 Å². The van der Waals surface area contributed by atoms with Crippen LogP contribution < -0.4 is 5.32 Å². The second-order valence-electron chi connectivity index (χ2n) is 4.60. The number of esters is 1. The van der Waals surface area contributed by atoms with Gasteiger partial charge in [0.1, 0.15) is 0 Å². The highest BCUT2D eigenvalue weighted by atomic mass is 16.5. The molecule has 1 amide bonds. The van der Waals surface area contributed by atoms with Gasteiger partial charge in [0.05, 0.1) is 18.3 Å². The summed E-state index contributed by atoms with van der Waals surface area (Å²) in [6, 6.07) is 7.88. The molecule has 1 aliphatic heterocycles. The monoisotopic (exact) mass is 271 g/mol. The molecule has 104 valence electrons. The van der Waals surface area contributed by atoms with E-state index in [2.05, 4.69) is 12.2 Å². The van der Waals surface area contributed by atoms with Gasteiger partial charge < -0.3 is 10.1 Å². The molecular formula is C16H17NO3. The molecule has 4 nitrogen and oxygen atoms in total. The fourth-order valence-corrected chi connectivity index (χ4v) is 2.13. The lowest BCUT2D eigenvalue weighted by molar-refractivity contribution is -0.136. The normalized spacial score (nSPS) is 16.6. The van der Waals surface area contributed by atoms with Gasteiger partial charge in [-0.05, 0) is 30.5 Å². The molecule has 1 N–H and O–H groups in total. The molecule has 0 unspecified atom stereocenters. The first-order valence-corrected chi connectivity index (χ1v) is 6.48. The van der Waals surface area contributed by atoms with Crippen LogP contribution >= 0.6 is 0 Å². The van der Waals surface area contributed by atoms with Crippen LogP contribution in [0.1, 0.15) is 25.0 Å². The van der Waals surface area contributed by atoms with E-state index in [4.69, 9.17) is 4.74 Å². The largest absolute Gasteiger partial charge is 0.465 e. The molecule has 0 fully saturated rings. The van der Waals surface area contributed by atoms with Crippen molar-refractivity contribution >= 4 is 18.0 Å². The fraction of sp³-hybridized carbons (Fsp3) is 0.250. The number of amides is 1. The molecule has 1 heterocycles. The van der Waals surface area contributed by atoms with E-state index in [9.17, 15) is 9.59 Å². The molecule has 0 radical (unpaired) electrons. The topological polar surface area (TPSA) is 55.4 Å². The number of nitrogens with one attached hydrogen (secondary N) is 1. The van der Waals surface area contributed by atoms with Gasteiger partial charge in [-0.3, -0.25) is 4.79 Å². The Kier molecular flexibility index (Phi) is 4.03. The first-order chi connectivity index (χ1) is 9.56. The number of aryl methyl sites for hydroxylation is 1. The Bertz CT molecular complexity index is 609.